The van der Waals surface area contributed by atoms with E-state index in [1.807, 2.05) is 11.8 Å². The van der Waals surface area contributed by atoms with Crippen LogP contribution in [0.25, 0.3) is 0 Å². The Morgan fingerprint density at radius 3 is 2.35 bits per heavy atom. The molecule has 1 N–H and O–H groups in total. The summed E-state index contributed by atoms with van der Waals surface area (Å²) in [5.74, 6) is 0.331. The predicted octanol–water partition coefficient (Wildman–Crippen LogP) is 2.74. The maximum atomic E-state index is 12.7. The average Bonchev–Trinajstić information content (AvgIpc) is 2.56. The fourth-order valence-corrected chi connectivity index (χ4v) is 3.11. The Bertz CT molecular complexity index is 367. The molecule has 23 heavy (non-hydrogen) atoms. The molecular weight excluding hydrogens is 292 g/mol. The molecule has 5 heteroatoms. The number of rotatable bonds is 9. The highest BCUT2D eigenvalue weighted by atomic mass is 16.5. The second-order valence-electron chi connectivity index (χ2n) is 6.67. The van der Waals surface area contributed by atoms with Crippen LogP contribution in [0, 0.1) is 5.92 Å². The van der Waals surface area contributed by atoms with Gasteiger partial charge in [0.25, 0.3) is 0 Å². The largest absolute Gasteiger partial charge is 0.376 e. The van der Waals surface area contributed by atoms with Gasteiger partial charge in [-0.05, 0) is 38.5 Å². The maximum Gasteiger partial charge on any atom is 0.247 e. The van der Waals surface area contributed by atoms with Gasteiger partial charge in [-0.1, -0.05) is 26.7 Å². The van der Waals surface area contributed by atoms with Crippen LogP contribution in [0.3, 0.4) is 0 Å². The van der Waals surface area contributed by atoms with Gasteiger partial charge in [0.2, 0.25) is 11.8 Å². The van der Waals surface area contributed by atoms with E-state index in [1.165, 1.54) is 13.3 Å². The van der Waals surface area contributed by atoms with Gasteiger partial charge < -0.3 is 15.0 Å². The second kappa shape index (κ2) is 10.6. The van der Waals surface area contributed by atoms with Crippen LogP contribution < -0.4 is 5.32 Å². The standard InChI is InChI=1S/C18H34N2O3/c1-5-10-16(6-2)13-23-14(3)17(19-15(4)21)18(22)20-11-8-7-9-12-20/h14,16-17H,5-13H2,1-4H3,(H,19,21). The van der Waals surface area contributed by atoms with Crippen molar-refractivity contribution in [1.29, 1.82) is 0 Å². The summed E-state index contributed by atoms with van der Waals surface area (Å²) >= 11 is 0. The summed E-state index contributed by atoms with van der Waals surface area (Å²) in [6.07, 6.45) is 6.30. The van der Waals surface area contributed by atoms with Gasteiger partial charge in [0.15, 0.2) is 0 Å². The number of amides is 2. The predicted molar refractivity (Wildman–Crippen MR) is 92.1 cm³/mol. The number of piperidine rings is 1. The molecule has 0 spiro atoms. The molecule has 0 saturated carbocycles. The molecule has 2 amide bonds. The normalized spacial score (nSPS) is 19.0. The van der Waals surface area contributed by atoms with Gasteiger partial charge in [0, 0.05) is 26.6 Å². The summed E-state index contributed by atoms with van der Waals surface area (Å²) in [6.45, 7) is 9.90. The number of carbonyl (C=O) groups is 2. The molecule has 0 bridgehead atoms. The Balaban J connectivity index is 2.63. The smallest absolute Gasteiger partial charge is 0.247 e. The minimum atomic E-state index is -0.579. The lowest BCUT2D eigenvalue weighted by atomic mass is 10.0. The Morgan fingerprint density at radius 2 is 1.83 bits per heavy atom. The van der Waals surface area contributed by atoms with E-state index in [0.717, 1.165) is 45.2 Å². The van der Waals surface area contributed by atoms with E-state index in [0.29, 0.717) is 12.5 Å². The minimum Gasteiger partial charge on any atom is -0.376 e. The van der Waals surface area contributed by atoms with Gasteiger partial charge in [-0.3, -0.25) is 9.59 Å². The molecule has 1 rings (SSSR count). The van der Waals surface area contributed by atoms with Crippen molar-refractivity contribution in [1.82, 2.24) is 10.2 Å². The highest BCUT2D eigenvalue weighted by Crippen LogP contribution is 2.15. The number of likely N-dealkylation sites (tertiary alicyclic amines) is 1. The van der Waals surface area contributed by atoms with Gasteiger partial charge in [0.1, 0.15) is 6.04 Å². The van der Waals surface area contributed by atoms with Crippen molar-refractivity contribution in [3.8, 4) is 0 Å². The fraction of sp³-hybridized carbons (Fsp3) is 0.889. The summed E-state index contributed by atoms with van der Waals surface area (Å²) in [5.41, 5.74) is 0. The molecule has 1 aliphatic rings. The second-order valence-corrected chi connectivity index (χ2v) is 6.67. The zero-order valence-electron chi connectivity index (χ0n) is 15.3. The number of hydrogen-bond donors (Lipinski definition) is 1. The first-order valence-corrected chi connectivity index (χ1v) is 9.17. The van der Waals surface area contributed by atoms with Crippen molar-refractivity contribution >= 4 is 11.8 Å². The van der Waals surface area contributed by atoms with Crippen LogP contribution in [0.4, 0.5) is 0 Å². The van der Waals surface area contributed by atoms with E-state index in [1.54, 1.807) is 0 Å². The van der Waals surface area contributed by atoms with Crippen LogP contribution in [0.5, 0.6) is 0 Å². The zero-order valence-corrected chi connectivity index (χ0v) is 15.3. The quantitative estimate of drug-likeness (QED) is 0.709. The molecule has 1 heterocycles. The molecule has 0 radical (unpaired) electrons. The molecule has 3 atom stereocenters. The Hall–Kier alpha value is -1.10. The first kappa shape index (κ1) is 19.9. The Kier molecular flexibility index (Phi) is 9.22. The first-order valence-electron chi connectivity index (χ1n) is 9.17. The van der Waals surface area contributed by atoms with Crippen LogP contribution in [-0.2, 0) is 14.3 Å². The minimum absolute atomic E-state index is 0.00376. The molecule has 0 aromatic carbocycles. The van der Waals surface area contributed by atoms with E-state index in [-0.39, 0.29) is 17.9 Å². The molecule has 1 fully saturated rings. The summed E-state index contributed by atoms with van der Waals surface area (Å²) in [4.78, 5) is 26.1. The van der Waals surface area contributed by atoms with Crippen LogP contribution in [-0.4, -0.2) is 48.6 Å². The highest BCUT2D eigenvalue weighted by molar-refractivity contribution is 5.87. The molecule has 0 aromatic rings. The molecule has 0 aliphatic carbocycles. The van der Waals surface area contributed by atoms with E-state index >= 15 is 0 Å². The van der Waals surface area contributed by atoms with Gasteiger partial charge >= 0.3 is 0 Å². The van der Waals surface area contributed by atoms with Crippen molar-refractivity contribution in [3.05, 3.63) is 0 Å². The third kappa shape index (κ3) is 6.90. The Labute approximate surface area is 141 Å². The van der Waals surface area contributed by atoms with Crippen molar-refractivity contribution in [2.75, 3.05) is 19.7 Å². The van der Waals surface area contributed by atoms with Gasteiger partial charge in [-0.15, -0.1) is 0 Å². The first-order chi connectivity index (χ1) is 11.0. The third-order valence-corrected chi connectivity index (χ3v) is 4.63. The van der Waals surface area contributed by atoms with Gasteiger partial charge in [-0.25, -0.2) is 0 Å². The molecule has 5 nitrogen and oxygen atoms in total. The van der Waals surface area contributed by atoms with Crippen LogP contribution >= 0.6 is 0 Å². The molecule has 1 saturated heterocycles. The van der Waals surface area contributed by atoms with Crippen LogP contribution in [0.1, 0.15) is 66.2 Å². The number of nitrogens with zero attached hydrogens (tertiary/aromatic N) is 1. The molecule has 3 unspecified atom stereocenters. The summed E-state index contributed by atoms with van der Waals surface area (Å²) in [5, 5.41) is 2.80. The van der Waals surface area contributed by atoms with Crippen molar-refractivity contribution in [3.63, 3.8) is 0 Å². The number of nitrogens with one attached hydrogen (secondary N) is 1. The molecule has 134 valence electrons. The summed E-state index contributed by atoms with van der Waals surface area (Å²) in [7, 11) is 0. The number of ether oxygens (including phenoxy) is 1. The summed E-state index contributed by atoms with van der Waals surface area (Å²) < 4.78 is 5.96. The third-order valence-electron chi connectivity index (χ3n) is 4.63. The van der Waals surface area contributed by atoms with Crippen LogP contribution in [0.15, 0.2) is 0 Å². The fourth-order valence-electron chi connectivity index (χ4n) is 3.11. The van der Waals surface area contributed by atoms with Crippen molar-refractivity contribution in [2.45, 2.75) is 78.4 Å². The monoisotopic (exact) mass is 326 g/mol. The molecular formula is C18H34N2O3. The molecule has 0 aromatic heterocycles. The SMILES string of the molecule is CCCC(CC)COC(C)C(NC(C)=O)C(=O)N1CCCCC1. The summed E-state index contributed by atoms with van der Waals surface area (Å²) in [6, 6.07) is -0.579. The van der Waals surface area contributed by atoms with E-state index in [9.17, 15) is 9.59 Å². The van der Waals surface area contributed by atoms with Gasteiger partial charge in [0.05, 0.1) is 6.10 Å². The average molecular weight is 326 g/mol. The van der Waals surface area contributed by atoms with E-state index in [2.05, 4.69) is 19.2 Å². The van der Waals surface area contributed by atoms with E-state index in [4.69, 9.17) is 4.74 Å². The molecule has 1 aliphatic heterocycles. The van der Waals surface area contributed by atoms with Crippen molar-refractivity contribution in [2.24, 2.45) is 5.92 Å². The van der Waals surface area contributed by atoms with Crippen LogP contribution in [0.2, 0.25) is 0 Å². The maximum absolute atomic E-state index is 12.7. The van der Waals surface area contributed by atoms with Gasteiger partial charge in [-0.2, -0.15) is 0 Å². The lowest BCUT2D eigenvalue weighted by Gasteiger charge is -2.33. The highest BCUT2D eigenvalue weighted by Gasteiger charge is 2.31. The number of hydrogen-bond acceptors (Lipinski definition) is 3. The van der Waals surface area contributed by atoms with Crippen molar-refractivity contribution < 1.29 is 14.3 Å². The zero-order chi connectivity index (χ0) is 17.2. The Morgan fingerprint density at radius 1 is 1.17 bits per heavy atom. The topological polar surface area (TPSA) is 58.6 Å². The lowest BCUT2D eigenvalue weighted by Crippen LogP contribution is -2.55. The van der Waals surface area contributed by atoms with E-state index < -0.39 is 6.04 Å². The lowest BCUT2D eigenvalue weighted by molar-refractivity contribution is -0.141. The number of carbonyl (C=O) groups excluding carboxylic acids is 2.